The van der Waals surface area contributed by atoms with Gasteiger partial charge in [0.25, 0.3) is 0 Å². The van der Waals surface area contributed by atoms with Crippen LogP contribution in [0.5, 0.6) is 11.5 Å². The van der Waals surface area contributed by atoms with Crippen LogP contribution in [-0.4, -0.2) is 51.7 Å². The Morgan fingerprint density at radius 3 is 2.96 bits per heavy atom. The van der Waals surface area contributed by atoms with E-state index in [4.69, 9.17) is 14.0 Å². The lowest BCUT2D eigenvalue weighted by Gasteiger charge is -2.26. The molecule has 1 aliphatic heterocycles. The van der Waals surface area contributed by atoms with Crippen molar-refractivity contribution in [3.8, 4) is 22.9 Å². The molecule has 3 heterocycles. The number of aryl methyl sites for hydroxylation is 1. The second-order valence-corrected chi connectivity index (χ2v) is 6.47. The van der Waals surface area contributed by atoms with Crippen LogP contribution >= 0.6 is 0 Å². The molecule has 4 rings (SSSR count). The molecular formula is C19H21N5O4. The Hall–Kier alpha value is -3.36. The Balaban J connectivity index is 1.38. The van der Waals surface area contributed by atoms with Crippen LogP contribution < -0.4 is 9.47 Å². The van der Waals surface area contributed by atoms with Gasteiger partial charge in [0.05, 0.1) is 38.5 Å². The van der Waals surface area contributed by atoms with E-state index < -0.39 is 0 Å². The number of carbonyl (C=O) groups is 1. The second kappa shape index (κ2) is 7.71. The van der Waals surface area contributed by atoms with Crippen LogP contribution in [0.3, 0.4) is 0 Å². The molecule has 0 aliphatic carbocycles. The summed E-state index contributed by atoms with van der Waals surface area (Å²) >= 11 is 0. The maximum Gasteiger partial charge on any atom is 0.227 e. The first-order valence-corrected chi connectivity index (χ1v) is 9.02. The van der Waals surface area contributed by atoms with Gasteiger partial charge in [0.1, 0.15) is 0 Å². The van der Waals surface area contributed by atoms with E-state index in [2.05, 4.69) is 20.1 Å². The Labute approximate surface area is 161 Å². The van der Waals surface area contributed by atoms with E-state index in [1.807, 2.05) is 11.0 Å². The summed E-state index contributed by atoms with van der Waals surface area (Å²) in [6.45, 7) is 1.24. The monoisotopic (exact) mass is 383 g/mol. The number of methoxy groups -OCH3 is 2. The highest BCUT2D eigenvalue weighted by Crippen LogP contribution is 2.31. The zero-order valence-electron chi connectivity index (χ0n) is 15.8. The van der Waals surface area contributed by atoms with Crippen molar-refractivity contribution in [2.75, 3.05) is 20.8 Å². The number of H-pyrrole nitrogens is 1. The number of hydrogen-bond acceptors (Lipinski definition) is 7. The maximum atomic E-state index is 12.5. The number of ether oxygens (including phenoxy) is 2. The van der Waals surface area contributed by atoms with E-state index in [0.717, 1.165) is 23.4 Å². The number of amides is 1. The van der Waals surface area contributed by atoms with Crippen molar-refractivity contribution in [1.29, 1.82) is 0 Å². The van der Waals surface area contributed by atoms with Crippen molar-refractivity contribution >= 4 is 5.91 Å². The molecule has 2 aromatic heterocycles. The summed E-state index contributed by atoms with van der Waals surface area (Å²) in [7, 11) is 3.15. The number of nitrogens with one attached hydrogen (secondary N) is 1. The molecule has 0 atom stereocenters. The summed E-state index contributed by atoms with van der Waals surface area (Å²) in [6, 6.07) is 5.40. The molecule has 146 valence electrons. The average molecular weight is 383 g/mol. The number of imidazole rings is 1. The van der Waals surface area contributed by atoms with Crippen LogP contribution in [0.25, 0.3) is 11.4 Å². The van der Waals surface area contributed by atoms with Gasteiger partial charge in [0.15, 0.2) is 11.5 Å². The Morgan fingerprint density at radius 2 is 2.14 bits per heavy atom. The molecule has 9 heteroatoms. The molecule has 0 bridgehead atoms. The molecule has 9 nitrogen and oxygen atoms in total. The number of benzene rings is 1. The van der Waals surface area contributed by atoms with Gasteiger partial charge in [0.2, 0.25) is 17.6 Å². The smallest absolute Gasteiger partial charge is 0.227 e. The first kappa shape index (κ1) is 18.0. The summed E-state index contributed by atoms with van der Waals surface area (Å²) in [5.41, 5.74) is 2.80. The third-order valence-corrected chi connectivity index (χ3v) is 4.79. The number of hydrogen-bond donors (Lipinski definition) is 1. The average Bonchev–Trinajstić information content (AvgIpc) is 3.40. The quantitative estimate of drug-likeness (QED) is 0.694. The predicted molar refractivity (Wildman–Crippen MR) is 98.9 cm³/mol. The van der Waals surface area contributed by atoms with Crippen molar-refractivity contribution in [1.82, 2.24) is 25.0 Å². The van der Waals surface area contributed by atoms with Gasteiger partial charge >= 0.3 is 0 Å². The molecule has 28 heavy (non-hydrogen) atoms. The highest BCUT2D eigenvalue weighted by atomic mass is 16.5. The number of nitrogens with zero attached hydrogens (tertiary/aromatic N) is 4. The molecule has 3 aromatic rings. The van der Waals surface area contributed by atoms with Crippen molar-refractivity contribution in [3.63, 3.8) is 0 Å². The van der Waals surface area contributed by atoms with Crippen LogP contribution in [0.15, 0.2) is 29.0 Å². The van der Waals surface area contributed by atoms with Gasteiger partial charge in [-0.3, -0.25) is 4.79 Å². The van der Waals surface area contributed by atoms with Crippen molar-refractivity contribution in [2.45, 2.75) is 25.8 Å². The fourth-order valence-corrected chi connectivity index (χ4v) is 3.25. The Bertz CT molecular complexity index is 980. The SMILES string of the molecule is COc1ccc(-c2noc(CCC(=O)N3CCc4nc[nH]c4C3)n2)cc1OC. The minimum absolute atomic E-state index is 0.0612. The van der Waals surface area contributed by atoms with E-state index in [1.54, 1.807) is 32.7 Å². The van der Waals surface area contributed by atoms with Gasteiger partial charge in [-0.2, -0.15) is 4.98 Å². The molecule has 1 aliphatic rings. The molecule has 0 saturated carbocycles. The van der Waals surface area contributed by atoms with Crippen molar-refractivity contribution in [2.24, 2.45) is 0 Å². The maximum absolute atomic E-state index is 12.5. The van der Waals surface area contributed by atoms with Gasteiger partial charge < -0.3 is 23.9 Å². The molecule has 1 amide bonds. The predicted octanol–water partition coefficient (Wildman–Crippen LogP) is 1.99. The van der Waals surface area contributed by atoms with Gasteiger partial charge in [-0.25, -0.2) is 4.98 Å². The topological polar surface area (TPSA) is 106 Å². The van der Waals surface area contributed by atoms with E-state index in [0.29, 0.717) is 49.1 Å². The summed E-state index contributed by atoms with van der Waals surface area (Å²) < 4.78 is 15.8. The van der Waals surface area contributed by atoms with Gasteiger partial charge in [-0.15, -0.1) is 0 Å². The molecule has 0 unspecified atom stereocenters. The summed E-state index contributed by atoms with van der Waals surface area (Å²) in [5.74, 6) is 2.15. The van der Waals surface area contributed by atoms with E-state index >= 15 is 0 Å². The van der Waals surface area contributed by atoms with Crippen LogP contribution in [0.4, 0.5) is 0 Å². The zero-order chi connectivity index (χ0) is 19.5. The zero-order valence-corrected chi connectivity index (χ0v) is 15.8. The Morgan fingerprint density at radius 1 is 1.29 bits per heavy atom. The van der Waals surface area contributed by atoms with Crippen LogP contribution in [0.1, 0.15) is 23.7 Å². The molecule has 0 radical (unpaired) electrons. The van der Waals surface area contributed by atoms with Gasteiger partial charge in [-0.05, 0) is 18.2 Å². The third kappa shape index (κ3) is 3.55. The van der Waals surface area contributed by atoms with Crippen LogP contribution in [0, 0.1) is 0 Å². The molecule has 0 saturated heterocycles. The number of carbonyl (C=O) groups excluding carboxylic acids is 1. The number of fused-ring (bicyclic) bond motifs is 1. The van der Waals surface area contributed by atoms with E-state index in [1.165, 1.54) is 0 Å². The van der Waals surface area contributed by atoms with E-state index in [9.17, 15) is 4.79 Å². The summed E-state index contributed by atoms with van der Waals surface area (Å²) in [6.07, 6.45) is 3.16. The molecule has 0 fully saturated rings. The lowest BCUT2D eigenvalue weighted by Crippen LogP contribution is -2.36. The minimum Gasteiger partial charge on any atom is -0.493 e. The lowest BCUT2D eigenvalue weighted by molar-refractivity contribution is -0.132. The van der Waals surface area contributed by atoms with E-state index in [-0.39, 0.29) is 5.91 Å². The standard InChI is InChI=1S/C19H21N5O4/c1-26-15-4-3-12(9-16(15)27-2)19-22-17(28-23-19)5-6-18(25)24-8-7-13-14(10-24)21-11-20-13/h3-4,9,11H,5-8,10H2,1-2H3,(H,20,21). The number of aromatic amines is 1. The highest BCUT2D eigenvalue weighted by molar-refractivity contribution is 5.76. The van der Waals surface area contributed by atoms with Crippen molar-refractivity contribution < 1.29 is 18.8 Å². The third-order valence-electron chi connectivity index (χ3n) is 4.79. The minimum atomic E-state index is 0.0612. The number of aromatic nitrogens is 4. The fraction of sp³-hybridized carbons (Fsp3) is 0.368. The normalized spacial score (nSPS) is 13.3. The fourth-order valence-electron chi connectivity index (χ4n) is 3.25. The van der Waals surface area contributed by atoms with Crippen LogP contribution in [0.2, 0.25) is 0 Å². The lowest BCUT2D eigenvalue weighted by atomic mass is 10.1. The van der Waals surface area contributed by atoms with Crippen molar-refractivity contribution in [3.05, 3.63) is 41.8 Å². The summed E-state index contributed by atoms with van der Waals surface area (Å²) in [4.78, 5) is 26.1. The Kier molecular flexibility index (Phi) is 4.96. The van der Waals surface area contributed by atoms with Crippen LogP contribution in [-0.2, 0) is 24.2 Å². The highest BCUT2D eigenvalue weighted by Gasteiger charge is 2.22. The van der Waals surface area contributed by atoms with Gasteiger partial charge in [-0.1, -0.05) is 5.16 Å². The molecular weight excluding hydrogens is 362 g/mol. The van der Waals surface area contributed by atoms with Gasteiger partial charge in [0, 0.05) is 31.4 Å². The first-order chi connectivity index (χ1) is 13.7. The summed E-state index contributed by atoms with van der Waals surface area (Å²) in [5, 5.41) is 4.01. The second-order valence-electron chi connectivity index (χ2n) is 6.47. The molecule has 0 spiro atoms. The first-order valence-electron chi connectivity index (χ1n) is 9.02. The largest absolute Gasteiger partial charge is 0.493 e. The number of rotatable bonds is 6. The molecule has 1 aromatic carbocycles. The molecule has 1 N–H and O–H groups in total.